The van der Waals surface area contributed by atoms with E-state index in [4.69, 9.17) is 16.1 Å². The van der Waals surface area contributed by atoms with Crippen molar-refractivity contribution in [3.63, 3.8) is 0 Å². The molecule has 0 bridgehead atoms. The van der Waals surface area contributed by atoms with Gasteiger partial charge in [0.1, 0.15) is 17.9 Å². The summed E-state index contributed by atoms with van der Waals surface area (Å²) < 4.78 is 5.66. The number of fused-ring (bicyclic) bond motifs is 1. The van der Waals surface area contributed by atoms with Gasteiger partial charge in [-0.1, -0.05) is 28.9 Å². The highest BCUT2D eigenvalue weighted by atomic mass is 35.5. The number of pyridine rings is 1. The van der Waals surface area contributed by atoms with Gasteiger partial charge in [0.25, 0.3) is 5.91 Å². The van der Waals surface area contributed by atoms with E-state index < -0.39 is 6.04 Å². The second-order valence-corrected chi connectivity index (χ2v) is 9.68. The minimum atomic E-state index is -0.653. The molecular weight excluding hydrogens is 456 g/mol. The number of carbonyl (C=O) groups excluding carboxylic acids is 2. The minimum Gasteiger partial charge on any atom is -0.618 e. The Morgan fingerprint density at radius 2 is 1.85 bits per heavy atom. The number of aryl methyl sites for hydroxylation is 1. The number of amides is 2. The fourth-order valence-corrected chi connectivity index (χ4v) is 5.36. The lowest BCUT2D eigenvalue weighted by atomic mass is 9.93. The van der Waals surface area contributed by atoms with Crippen molar-refractivity contribution in [1.82, 2.24) is 10.5 Å². The van der Waals surface area contributed by atoms with Crippen molar-refractivity contribution in [2.24, 2.45) is 17.8 Å². The van der Waals surface area contributed by atoms with Crippen molar-refractivity contribution in [3.05, 3.63) is 70.0 Å². The first-order chi connectivity index (χ1) is 16.3. The summed E-state index contributed by atoms with van der Waals surface area (Å²) in [6.45, 7) is 3.40. The number of halogens is 1. The van der Waals surface area contributed by atoms with Crippen LogP contribution >= 0.6 is 11.6 Å². The first-order valence-electron chi connectivity index (χ1n) is 11.3. The van der Waals surface area contributed by atoms with E-state index in [0.717, 1.165) is 23.1 Å². The summed E-state index contributed by atoms with van der Waals surface area (Å²) in [5, 5.41) is 22.1. The van der Waals surface area contributed by atoms with E-state index in [1.807, 2.05) is 12.1 Å². The molecule has 0 radical (unpaired) electrons. The van der Waals surface area contributed by atoms with Crippen LogP contribution in [0.3, 0.4) is 0 Å². The summed E-state index contributed by atoms with van der Waals surface area (Å²) in [5.74, 6) is 0.793. The number of rotatable bonds is 6. The lowest BCUT2D eigenvalue weighted by Gasteiger charge is -2.25. The van der Waals surface area contributed by atoms with Crippen molar-refractivity contribution in [2.75, 3.05) is 5.32 Å². The van der Waals surface area contributed by atoms with Gasteiger partial charge >= 0.3 is 0 Å². The third-order valence-electron chi connectivity index (χ3n) is 7.04. The summed E-state index contributed by atoms with van der Waals surface area (Å²) in [5.41, 5.74) is 3.32. The largest absolute Gasteiger partial charge is 0.618 e. The third-order valence-corrected chi connectivity index (χ3v) is 7.36. The second-order valence-electron chi connectivity index (χ2n) is 9.27. The van der Waals surface area contributed by atoms with Crippen LogP contribution in [-0.4, -0.2) is 23.0 Å². The van der Waals surface area contributed by atoms with Gasteiger partial charge in [-0.15, -0.1) is 0 Å². The van der Waals surface area contributed by atoms with E-state index >= 15 is 0 Å². The molecule has 2 N–H and O–H groups in total. The summed E-state index contributed by atoms with van der Waals surface area (Å²) in [6, 6.07) is 8.05. The van der Waals surface area contributed by atoms with Gasteiger partial charge in [0.05, 0.1) is 16.3 Å². The van der Waals surface area contributed by atoms with Gasteiger partial charge in [0.15, 0.2) is 11.9 Å². The number of benzene rings is 1. The van der Waals surface area contributed by atoms with Crippen LogP contribution in [0.15, 0.2) is 47.3 Å². The van der Waals surface area contributed by atoms with Crippen LogP contribution in [-0.2, 0) is 4.79 Å². The van der Waals surface area contributed by atoms with E-state index in [0.29, 0.717) is 45.1 Å². The Balaban J connectivity index is 1.33. The molecule has 0 saturated heterocycles. The molecule has 8 nitrogen and oxygen atoms in total. The average molecular weight is 481 g/mol. The van der Waals surface area contributed by atoms with Crippen LogP contribution < -0.4 is 15.4 Å². The molecule has 2 fully saturated rings. The maximum Gasteiger partial charge on any atom is 0.257 e. The Kier molecular flexibility index (Phi) is 5.77. The van der Waals surface area contributed by atoms with Gasteiger partial charge in [-0.05, 0) is 61.6 Å². The highest BCUT2D eigenvalue weighted by molar-refractivity contribution is 6.33. The van der Waals surface area contributed by atoms with E-state index in [2.05, 4.69) is 15.8 Å². The van der Waals surface area contributed by atoms with E-state index in [1.54, 1.807) is 32.0 Å². The van der Waals surface area contributed by atoms with Gasteiger partial charge in [0, 0.05) is 18.7 Å². The van der Waals surface area contributed by atoms with Crippen LogP contribution in [0.5, 0.6) is 0 Å². The maximum absolute atomic E-state index is 13.3. The highest BCUT2D eigenvalue weighted by Crippen LogP contribution is 2.55. The third kappa shape index (κ3) is 4.25. The lowest BCUT2D eigenvalue weighted by molar-refractivity contribution is -0.611. The van der Waals surface area contributed by atoms with Crippen molar-refractivity contribution < 1.29 is 18.8 Å². The Hall–Kier alpha value is -3.39. The average Bonchev–Trinajstić information content (AvgIpc) is 3.19. The van der Waals surface area contributed by atoms with Crippen molar-refractivity contribution in [3.8, 4) is 11.1 Å². The molecule has 2 heterocycles. The topological polar surface area (TPSA) is 111 Å². The molecule has 5 rings (SSSR count). The summed E-state index contributed by atoms with van der Waals surface area (Å²) in [7, 11) is 0. The number of hydrogen-bond acceptors (Lipinski definition) is 5. The second kappa shape index (κ2) is 8.76. The molecule has 176 valence electrons. The number of anilines is 1. The van der Waals surface area contributed by atoms with Crippen LogP contribution in [0.2, 0.25) is 5.02 Å². The molecule has 2 aliphatic rings. The van der Waals surface area contributed by atoms with Crippen LogP contribution in [0.4, 0.5) is 5.69 Å². The Morgan fingerprint density at radius 3 is 2.50 bits per heavy atom. The molecular formula is C25H25ClN4O4. The monoisotopic (exact) mass is 480 g/mol. The zero-order valence-corrected chi connectivity index (χ0v) is 19.6. The summed E-state index contributed by atoms with van der Waals surface area (Å²) >= 11 is 6.32. The number of aromatic nitrogens is 2. The van der Waals surface area contributed by atoms with Crippen LogP contribution in [0, 0.1) is 36.8 Å². The quantitative estimate of drug-likeness (QED) is 0.408. The van der Waals surface area contributed by atoms with Gasteiger partial charge in [0.2, 0.25) is 5.91 Å². The van der Waals surface area contributed by atoms with E-state index in [1.165, 1.54) is 18.9 Å². The molecule has 0 spiro atoms. The number of carbonyl (C=O) groups is 2. The van der Waals surface area contributed by atoms with Crippen molar-refractivity contribution in [1.29, 1.82) is 0 Å². The summed E-state index contributed by atoms with van der Waals surface area (Å²) in [4.78, 5) is 26.1. The fourth-order valence-electron chi connectivity index (χ4n) is 5.06. The maximum atomic E-state index is 13.3. The van der Waals surface area contributed by atoms with Crippen LogP contribution in [0.1, 0.15) is 41.0 Å². The molecule has 2 aromatic heterocycles. The fraction of sp³-hybridized carbons (Fsp3) is 0.360. The number of nitrogens with zero attached hydrogens (tertiary/aromatic N) is 2. The molecule has 1 aromatic carbocycles. The SMILES string of the molecule is Cc1nocc1C(=O)N[C@@H](C(=O)Nc1ccc(-c2c(Cl)cc[n+]([O-])c2C)cc1)C1C[C@@H]2C[C@H]2C1. The molecule has 34 heavy (non-hydrogen) atoms. The standard InChI is InChI=1S/C25H25ClN4O4/c1-13-20(12-34-29-13)24(31)28-23(18-10-16-9-17(16)11-18)25(32)27-19-5-3-15(4-6-19)22-14(2)30(33)8-7-21(22)26/h3-8,12,16-18,23H,9-11H2,1-2H3,(H,27,32)(H,28,31)/t16-,17-,23+/m0/s1. The molecule has 9 heteroatoms. The molecule has 2 amide bonds. The first-order valence-corrected chi connectivity index (χ1v) is 11.7. The van der Waals surface area contributed by atoms with E-state index in [-0.39, 0.29) is 17.7 Å². The van der Waals surface area contributed by atoms with Crippen molar-refractivity contribution in [2.45, 2.75) is 39.2 Å². The molecule has 0 aliphatic heterocycles. The Bertz CT molecular complexity index is 1250. The zero-order chi connectivity index (χ0) is 24.0. The minimum absolute atomic E-state index is 0.0883. The predicted octanol–water partition coefficient (Wildman–Crippen LogP) is 4.03. The van der Waals surface area contributed by atoms with Gasteiger partial charge in [-0.3, -0.25) is 9.59 Å². The normalized spacial score (nSPS) is 20.0. The van der Waals surface area contributed by atoms with E-state index in [9.17, 15) is 14.8 Å². The summed E-state index contributed by atoms with van der Waals surface area (Å²) in [6.07, 6.45) is 5.76. The highest BCUT2D eigenvalue weighted by Gasteiger charge is 2.49. The van der Waals surface area contributed by atoms with Crippen LogP contribution in [0.25, 0.3) is 11.1 Å². The predicted molar refractivity (Wildman–Crippen MR) is 126 cm³/mol. The molecule has 0 unspecified atom stereocenters. The Labute approximate surface area is 201 Å². The molecule has 3 aromatic rings. The van der Waals surface area contributed by atoms with Gasteiger partial charge < -0.3 is 20.4 Å². The van der Waals surface area contributed by atoms with Crippen molar-refractivity contribution >= 4 is 29.1 Å². The Morgan fingerprint density at radius 1 is 1.15 bits per heavy atom. The molecule has 3 atom stereocenters. The first kappa shape index (κ1) is 22.4. The number of hydrogen-bond donors (Lipinski definition) is 2. The molecule has 2 aliphatic carbocycles. The van der Waals surface area contributed by atoms with Gasteiger partial charge in [-0.25, -0.2) is 0 Å². The lowest BCUT2D eigenvalue weighted by Crippen LogP contribution is -2.48. The number of nitrogens with one attached hydrogen (secondary N) is 2. The molecule has 2 saturated carbocycles. The zero-order valence-electron chi connectivity index (χ0n) is 18.9. The van der Waals surface area contributed by atoms with Gasteiger partial charge in [-0.2, -0.15) is 4.73 Å². The smallest absolute Gasteiger partial charge is 0.257 e.